The Balaban J connectivity index is 1.28. The number of hydrogen-bond acceptors (Lipinski definition) is 7. The number of sulfonamides is 1. The molecule has 0 bridgehead atoms. The first-order valence-corrected chi connectivity index (χ1v) is 13.9. The second kappa shape index (κ2) is 11.9. The predicted octanol–water partition coefficient (Wildman–Crippen LogP) is 5.20. The molecule has 4 rings (SSSR count). The van der Waals surface area contributed by atoms with E-state index >= 15 is 0 Å². The van der Waals surface area contributed by atoms with Gasteiger partial charge in [0, 0.05) is 22.8 Å². The normalized spacial score (nSPS) is 11.1. The van der Waals surface area contributed by atoms with Gasteiger partial charge in [-0.2, -0.15) is 0 Å². The molecule has 4 aromatic rings. The predicted molar refractivity (Wildman–Crippen MR) is 145 cm³/mol. The van der Waals surface area contributed by atoms with Crippen molar-refractivity contribution in [3.05, 3.63) is 102 Å². The van der Waals surface area contributed by atoms with Gasteiger partial charge in [-0.1, -0.05) is 42.1 Å². The summed E-state index contributed by atoms with van der Waals surface area (Å²) >= 11 is 1.29. The highest BCUT2D eigenvalue weighted by Crippen LogP contribution is 2.21. The highest BCUT2D eigenvalue weighted by molar-refractivity contribution is 7.99. The molecule has 0 atom stereocenters. The molecule has 1 amide bonds. The minimum absolute atomic E-state index is 0.153. The lowest BCUT2D eigenvalue weighted by Gasteiger charge is -2.11. The minimum atomic E-state index is -3.65. The van der Waals surface area contributed by atoms with Gasteiger partial charge in [0.25, 0.3) is 10.0 Å². The summed E-state index contributed by atoms with van der Waals surface area (Å²) in [6.07, 6.45) is 0. The first-order chi connectivity index (χ1) is 17.8. The van der Waals surface area contributed by atoms with Crippen LogP contribution in [0.25, 0.3) is 0 Å². The van der Waals surface area contributed by atoms with Crippen LogP contribution < -0.4 is 14.8 Å². The van der Waals surface area contributed by atoms with Crippen LogP contribution in [0.15, 0.2) is 95.0 Å². The molecule has 0 radical (unpaired) electrons. The maximum absolute atomic E-state index is 12.5. The fourth-order valence-electron chi connectivity index (χ4n) is 3.42. The molecule has 0 aliphatic rings. The molecule has 0 saturated carbocycles. The van der Waals surface area contributed by atoms with E-state index in [2.05, 4.69) is 20.0 Å². The SMILES string of the molecule is Cc1cc(C)nc(SCC(=O)Nc2cccc(COc3ccc(NS(=O)(=O)c4ccccc4)cc3)c2)n1. The van der Waals surface area contributed by atoms with Crippen LogP contribution in [0, 0.1) is 13.8 Å². The first kappa shape index (κ1) is 26.2. The van der Waals surface area contributed by atoms with Crippen LogP contribution in [0.3, 0.4) is 0 Å². The highest BCUT2D eigenvalue weighted by Gasteiger charge is 2.13. The second-order valence-electron chi connectivity index (χ2n) is 8.20. The zero-order valence-corrected chi connectivity index (χ0v) is 22.0. The molecule has 8 nitrogen and oxygen atoms in total. The summed E-state index contributed by atoms with van der Waals surface area (Å²) in [5, 5.41) is 3.46. The van der Waals surface area contributed by atoms with E-state index in [1.807, 2.05) is 44.2 Å². The minimum Gasteiger partial charge on any atom is -0.489 e. The van der Waals surface area contributed by atoms with Crippen LogP contribution in [-0.4, -0.2) is 30.0 Å². The first-order valence-electron chi connectivity index (χ1n) is 11.4. The molecule has 1 heterocycles. The lowest BCUT2D eigenvalue weighted by Crippen LogP contribution is -2.14. The smallest absolute Gasteiger partial charge is 0.261 e. The average Bonchev–Trinajstić information content (AvgIpc) is 2.87. The quantitative estimate of drug-likeness (QED) is 0.212. The summed E-state index contributed by atoms with van der Waals surface area (Å²) in [5.41, 5.74) is 3.71. The molecule has 0 fully saturated rings. The molecular formula is C27H26N4O4S2. The van der Waals surface area contributed by atoms with Crippen LogP contribution in [0.2, 0.25) is 0 Å². The van der Waals surface area contributed by atoms with E-state index in [0.29, 0.717) is 22.3 Å². The topological polar surface area (TPSA) is 110 Å². The van der Waals surface area contributed by atoms with Crippen LogP contribution in [0.5, 0.6) is 5.75 Å². The van der Waals surface area contributed by atoms with Gasteiger partial charge in [-0.15, -0.1) is 0 Å². The number of benzene rings is 3. The summed E-state index contributed by atoms with van der Waals surface area (Å²) in [6.45, 7) is 4.08. The van der Waals surface area contributed by atoms with E-state index < -0.39 is 10.0 Å². The molecule has 3 aromatic carbocycles. The summed E-state index contributed by atoms with van der Waals surface area (Å²) in [4.78, 5) is 21.3. The van der Waals surface area contributed by atoms with Crippen molar-refractivity contribution < 1.29 is 17.9 Å². The molecule has 0 spiro atoms. The molecular weight excluding hydrogens is 508 g/mol. The molecule has 10 heteroatoms. The summed E-state index contributed by atoms with van der Waals surface area (Å²) in [6, 6.07) is 24.1. The van der Waals surface area contributed by atoms with Crippen molar-refractivity contribution in [3.8, 4) is 5.75 Å². The number of thioether (sulfide) groups is 1. The number of aryl methyl sites for hydroxylation is 2. The number of carbonyl (C=O) groups excluding carboxylic acids is 1. The number of aromatic nitrogens is 2. The number of rotatable bonds is 10. The Labute approximate surface area is 220 Å². The molecule has 37 heavy (non-hydrogen) atoms. The van der Waals surface area contributed by atoms with Crippen molar-refractivity contribution in [2.24, 2.45) is 0 Å². The van der Waals surface area contributed by atoms with Gasteiger partial charge in [0.05, 0.1) is 10.6 Å². The number of carbonyl (C=O) groups is 1. The Bertz CT molecular complexity index is 1460. The Morgan fingerprint density at radius 3 is 2.27 bits per heavy atom. The van der Waals surface area contributed by atoms with Crippen LogP contribution in [0.4, 0.5) is 11.4 Å². The van der Waals surface area contributed by atoms with Gasteiger partial charge in [-0.05, 0) is 74.0 Å². The van der Waals surface area contributed by atoms with Gasteiger partial charge in [0.15, 0.2) is 5.16 Å². The summed E-state index contributed by atoms with van der Waals surface area (Å²) < 4.78 is 33.3. The van der Waals surface area contributed by atoms with Gasteiger partial charge in [0.2, 0.25) is 5.91 Å². The molecule has 0 aliphatic carbocycles. The maximum Gasteiger partial charge on any atom is 0.261 e. The average molecular weight is 535 g/mol. The third-order valence-electron chi connectivity index (χ3n) is 5.07. The molecule has 2 N–H and O–H groups in total. The molecule has 1 aromatic heterocycles. The second-order valence-corrected chi connectivity index (χ2v) is 10.8. The summed E-state index contributed by atoms with van der Waals surface area (Å²) in [5.74, 6) is 0.630. The van der Waals surface area contributed by atoms with Gasteiger partial charge in [-0.3, -0.25) is 9.52 Å². The van der Waals surface area contributed by atoms with Crippen LogP contribution in [0.1, 0.15) is 17.0 Å². The van der Waals surface area contributed by atoms with Gasteiger partial charge in [0.1, 0.15) is 12.4 Å². The fraction of sp³-hybridized carbons (Fsp3) is 0.148. The van der Waals surface area contributed by atoms with Gasteiger partial charge < -0.3 is 10.1 Å². The monoisotopic (exact) mass is 534 g/mol. The maximum atomic E-state index is 12.5. The van der Waals surface area contributed by atoms with E-state index in [1.165, 1.54) is 23.9 Å². The number of hydrogen-bond donors (Lipinski definition) is 2. The van der Waals surface area contributed by atoms with Crippen molar-refractivity contribution in [3.63, 3.8) is 0 Å². The number of amides is 1. The standard InChI is InChI=1S/C27H26N4O4S2/c1-19-15-20(2)29-27(28-19)36-18-26(32)30-23-8-6-7-21(16-23)17-35-24-13-11-22(12-14-24)31-37(33,34)25-9-4-3-5-10-25/h3-16,31H,17-18H2,1-2H3,(H,30,32). The van der Waals surface area contributed by atoms with Crippen LogP contribution in [-0.2, 0) is 21.4 Å². The van der Waals surface area contributed by atoms with Gasteiger partial charge >= 0.3 is 0 Å². The molecule has 0 aliphatic heterocycles. The van der Waals surface area contributed by atoms with E-state index in [9.17, 15) is 13.2 Å². The van der Waals surface area contributed by atoms with E-state index in [-0.39, 0.29) is 23.2 Å². The zero-order valence-electron chi connectivity index (χ0n) is 20.3. The molecule has 190 valence electrons. The van der Waals surface area contributed by atoms with E-state index in [1.54, 1.807) is 42.5 Å². The molecule has 0 unspecified atom stereocenters. The highest BCUT2D eigenvalue weighted by atomic mass is 32.2. The third kappa shape index (κ3) is 7.80. The van der Waals surface area contributed by atoms with Crippen molar-refractivity contribution in [1.29, 1.82) is 0 Å². The van der Waals surface area contributed by atoms with Crippen molar-refractivity contribution in [1.82, 2.24) is 9.97 Å². The lowest BCUT2D eigenvalue weighted by atomic mass is 10.2. The number of anilines is 2. The zero-order chi connectivity index (χ0) is 26.3. The van der Waals surface area contributed by atoms with Crippen molar-refractivity contribution in [2.75, 3.05) is 15.8 Å². The Hall–Kier alpha value is -3.89. The number of ether oxygens (including phenoxy) is 1. The van der Waals surface area contributed by atoms with E-state index in [0.717, 1.165) is 17.0 Å². The Morgan fingerprint density at radius 2 is 1.57 bits per heavy atom. The Morgan fingerprint density at radius 1 is 0.865 bits per heavy atom. The lowest BCUT2D eigenvalue weighted by molar-refractivity contribution is -0.113. The van der Waals surface area contributed by atoms with Crippen LogP contribution >= 0.6 is 11.8 Å². The van der Waals surface area contributed by atoms with Gasteiger partial charge in [-0.25, -0.2) is 18.4 Å². The number of nitrogens with one attached hydrogen (secondary N) is 2. The number of nitrogens with zero attached hydrogens (tertiary/aromatic N) is 2. The van der Waals surface area contributed by atoms with Crippen molar-refractivity contribution in [2.45, 2.75) is 30.5 Å². The third-order valence-corrected chi connectivity index (χ3v) is 7.31. The van der Waals surface area contributed by atoms with E-state index in [4.69, 9.17) is 4.74 Å². The fourth-order valence-corrected chi connectivity index (χ4v) is 5.25. The summed E-state index contributed by atoms with van der Waals surface area (Å²) in [7, 11) is -3.65. The van der Waals surface area contributed by atoms with Crippen molar-refractivity contribution >= 4 is 39.1 Å². The molecule has 0 saturated heterocycles. The Kier molecular flexibility index (Phi) is 8.42. The largest absolute Gasteiger partial charge is 0.489 e.